The third-order valence-electron chi connectivity index (χ3n) is 3.90. The summed E-state index contributed by atoms with van der Waals surface area (Å²) in [5.74, 6) is -0.0794. The second-order valence-electron chi connectivity index (χ2n) is 5.37. The molecule has 0 bridgehead atoms. The molecule has 0 saturated heterocycles. The van der Waals surface area contributed by atoms with Crippen LogP contribution in [0.2, 0.25) is 0 Å². The Bertz CT molecular complexity index is 589. The maximum atomic E-state index is 12.2. The van der Waals surface area contributed by atoms with Crippen LogP contribution in [0.15, 0.2) is 36.5 Å². The van der Waals surface area contributed by atoms with Gasteiger partial charge in [0.2, 0.25) is 5.91 Å². The van der Waals surface area contributed by atoms with Crippen molar-refractivity contribution in [3.63, 3.8) is 0 Å². The van der Waals surface area contributed by atoms with Gasteiger partial charge in [-0.3, -0.25) is 9.89 Å². The lowest BCUT2D eigenvalue weighted by molar-refractivity contribution is -0.121. The molecule has 1 aliphatic rings. The number of nitrogens with one attached hydrogen (secondary N) is 2. The van der Waals surface area contributed by atoms with Crippen molar-refractivity contribution in [1.29, 1.82) is 0 Å². The molecule has 1 aromatic carbocycles. The van der Waals surface area contributed by atoms with Crippen LogP contribution in [0.4, 0.5) is 5.69 Å². The monoisotopic (exact) mass is 306 g/mol. The van der Waals surface area contributed by atoms with Crippen LogP contribution in [-0.4, -0.2) is 21.6 Å². The summed E-state index contributed by atoms with van der Waals surface area (Å²) in [7, 11) is 0. The van der Waals surface area contributed by atoms with Crippen LogP contribution in [0.5, 0.6) is 0 Å². The van der Waals surface area contributed by atoms with Gasteiger partial charge in [0, 0.05) is 11.9 Å². The number of rotatable bonds is 3. The van der Waals surface area contributed by atoms with Crippen molar-refractivity contribution in [3.05, 3.63) is 36.5 Å². The van der Waals surface area contributed by atoms with E-state index in [0.717, 1.165) is 42.6 Å². The van der Waals surface area contributed by atoms with Gasteiger partial charge in [-0.2, -0.15) is 5.10 Å². The Morgan fingerprint density at radius 1 is 1.19 bits per heavy atom. The van der Waals surface area contributed by atoms with Crippen LogP contribution < -0.4 is 11.1 Å². The smallest absolute Gasteiger partial charge is 0.244 e. The fourth-order valence-corrected chi connectivity index (χ4v) is 2.64. The third kappa shape index (κ3) is 3.25. The summed E-state index contributed by atoms with van der Waals surface area (Å²) in [6.07, 6.45) is 5.31. The van der Waals surface area contributed by atoms with Gasteiger partial charge in [-0.05, 0) is 36.6 Å². The van der Waals surface area contributed by atoms with E-state index < -0.39 is 5.54 Å². The number of amides is 1. The molecule has 1 amide bonds. The molecule has 5 nitrogen and oxygen atoms in total. The van der Waals surface area contributed by atoms with Gasteiger partial charge in [-0.25, -0.2) is 0 Å². The summed E-state index contributed by atoms with van der Waals surface area (Å²) in [6.45, 7) is 0. The minimum absolute atomic E-state index is 0. The Morgan fingerprint density at radius 3 is 2.43 bits per heavy atom. The first-order valence-corrected chi connectivity index (χ1v) is 6.88. The highest BCUT2D eigenvalue weighted by molar-refractivity contribution is 5.98. The summed E-state index contributed by atoms with van der Waals surface area (Å²) < 4.78 is 0. The van der Waals surface area contributed by atoms with Crippen LogP contribution in [0.25, 0.3) is 11.3 Å². The molecule has 1 saturated carbocycles. The molecule has 2 aromatic rings. The summed E-state index contributed by atoms with van der Waals surface area (Å²) in [5.41, 5.74) is 8.20. The molecule has 0 radical (unpaired) electrons. The number of hydrogen-bond acceptors (Lipinski definition) is 3. The first-order chi connectivity index (χ1) is 9.67. The number of anilines is 1. The largest absolute Gasteiger partial charge is 0.324 e. The minimum atomic E-state index is -0.692. The number of carbonyl (C=O) groups is 1. The molecule has 21 heavy (non-hydrogen) atoms. The first kappa shape index (κ1) is 15.5. The van der Waals surface area contributed by atoms with Gasteiger partial charge in [0.1, 0.15) is 0 Å². The van der Waals surface area contributed by atoms with Gasteiger partial charge in [0.05, 0.1) is 11.2 Å². The molecule has 0 spiro atoms. The number of carbonyl (C=O) groups excluding carboxylic acids is 1. The third-order valence-corrected chi connectivity index (χ3v) is 3.90. The normalized spacial score (nSPS) is 16.2. The zero-order chi connectivity index (χ0) is 14.0. The number of hydrogen-bond donors (Lipinski definition) is 3. The van der Waals surface area contributed by atoms with E-state index in [1.54, 1.807) is 6.20 Å². The predicted octanol–water partition coefficient (Wildman–Crippen LogP) is 2.71. The highest BCUT2D eigenvalue weighted by Gasteiger charge is 2.36. The lowest BCUT2D eigenvalue weighted by atomic mass is 9.98. The maximum absolute atomic E-state index is 12.2. The van der Waals surface area contributed by atoms with Gasteiger partial charge < -0.3 is 11.1 Å². The molecule has 1 aromatic heterocycles. The first-order valence-electron chi connectivity index (χ1n) is 6.88. The van der Waals surface area contributed by atoms with E-state index in [1.807, 2.05) is 30.3 Å². The zero-order valence-corrected chi connectivity index (χ0v) is 12.5. The Hall–Kier alpha value is -1.85. The number of nitrogens with two attached hydrogens (primary N) is 1. The van der Waals surface area contributed by atoms with Gasteiger partial charge in [0.25, 0.3) is 0 Å². The molecule has 1 heterocycles. The van der Waals surface area contributed by atoms with Crippen molar-refractivity contribution in [2.45, 2.75) is 31.2 Å². The van der Waals surface area contributed by atoms with Crippen molar-refractivity contribution in [1.82, 2.24) is 10.2 Å². The average Bonchev–Trinajstić information content (AvgIpc) is 3.11. The lowest BCUT2D eigenvalue weighted by Crippen LogP contribution is -2.48. The summed E-state index contributed by atoms with van der Waals surface area (Å²) >= 11 is 0. The van der Waals surface area contributed by atoms with Gasteiger partial charge in [0.15, 0.2) is 0 Å². The average molecular weight is 307 g/mol. The maximum Gasteiger partial charge on any atom is 0.244 e. The fourth-order valence-electron chi connectivity index (χ4n) is 2.64. The van der Waals surface area contributed by atoms with Crippen molar-refractivity contribution in [3.8, 4) is 11.3 Å². The molecule has 0 atom stereocenters. The van der Waals surface area contributed by atoms with Gasteiger partial charge in [-0.1, -0.05) is 25.0 Å². The highest BCUT2D eigenvalue weighted by atomic mass is 35.5. The van der Waals surface area contributed by atoms with Crippen LogP contribution >= 0.6 is 12.4 Å². The molecule has 112 valence electrons. The Labute approximate surface area is 129 Å². The van der Waals surface area contributed by atoms with E-state index in [4.69, 9.17) is 5.73 Å². The second kappa shape index (κ2) is 6.28. The zero-order valence-electron chi connectivity index (χ0n) is 11.6. The van der Waals surface area contributed by atoms with Crippen LogP contribution in [0.1, 0.15) is 25.7 Å². The van der Waals surface area contributed by atoms with E-state index in [-0.39, 0.29) is 18.3 Å². The number of halogens is 1. The summed E-state index contributed by atoms with van der Waals surface area (Å²) in [6, 6.07) is 9.56. The topological polar surface area (TPSA) is 83.8 Å². The number of nitrogens with zero attached hydrogens (tertiary/aromatic N) is 1. The Balaban J connectivity index is 0.00000161. The molecule has 0 unspecified atom stereocenters. The second-order valence-corrected chi connectivity index (χ2v) is 5.37. The highest BCUT2D eigenvalue weighted by Crippen LogP contribution is 2.28. The molecule has 6 heteroatoms. The molecular formula is C15H19ClN4O. The molecule has 4 N–H and O–H groups in total. The molecular weight excluding hydrogens is 288 g/mol. The number of aromatic amines is 1. The van der Waals surface area contributed by atoms with Crippen LogP contribution in [0, 0.1) is 0 Å². The van der Waals surface area contributed by atoms with E-state index >= 15 is 0 Å². The predicted molar refractivity (Wildman–Crippen MR) is 85.3 cm³/mol. The summed E-state index contributed by atoms with van der Waals surface area (Å²) in [5, 5.41) is 9.73. The molecule has 1 fully saturated rings. The van der Waals surface area contributed by atoms with E-state index in [2.05, 4.69) is 15.5 Å². The standard InChI is InChI=1S/C15H18N4O.ClH/c16-15(8-1-2-9-15)14(20)18-12-5-3-11(4-6-12)13-7-10-17-19-13;/h3-7,10H,1-2,8-9,16H2,(H,17,19)(H,18,20);1H. The Morgan fingerprint density at radius 2 is 1.86 bits per heavy atom. The van der Waals surface area contributed by atoms with E-state index in [9.17, 15) is 4.79 Å². The minimum Gasteiger partial charge on any atom is -0.324 e. The van der Waals surface area contributed by atoms with Crippen molar-refractivity contribution >= 4 is 24.0 Å². The number of benzene rings is 1. The lowest BCUT2D eigenvalue weighted by Gasteiger charge is -2.22. The quantitative estimate of drug-likeness (QED) is 0.815. The van der Waals surface area contributed by atoms with Crippen molar-refractivity contribution in [2.75, 3.05) is 5.32 Å². The molecule has 3 rings (SSSR count). The van der Waals surface area contributed by atoms with Gasteiger partial charge >= 0.3 is 0 Å². The van der Waals surface area contributed by atoms with Crippen LogP contribution in [0.3, 0.4) is 0 Å². The van der Waals surface area contributed by atoms with Crippen molar-refractivity contribution in [2.24, 2.45) is 5.73 Å². The number of H-pyrrole nitrogens is 1. The van der Waals surface area contributed by atoms with Crippen molar-refractivity contribution < 1.29 is 4.79 Å². The van der Waals surface area contributed by atoms with E-state index in [0.29, 0.717) is 0 Å². The fraction of sp³-hybridized carbons (Fsp3) is 0.333. The number of aromatic nitrogens is 2. The Kier molecular flexibility index (Phi) is 4.65. The SMILES string of the molecule is Cl.NC1(C(=O)Nc2ccc(-c3ccn[nH]3)cc2)CCCC1. The van der Waals surface area contributed by atoms with E-state index in [1.165, 1.54) is 0 Å². The summed E-state index contributed by atoms with van der Waals surface area (Å²) in [4.78, 5) is 12.2. The molecule has 0 aliphatic heterocycles. The van der Waals surface area contributed by atoms with Gasteiger partial charge in [-0.15, -0.1) is 12.4 Å². The van der Waals surface area contributed by atoms with Crippen LogP contribution in [-0.2, 0) is 4.79 Å². The molecule has 1 aliphatic carbocycles.